The molecule has 0 spiro atoms. The van der Waals surface area contributed by atoms with Gasteiger partial charge in [-0.15, -0.1) is 0 Å². The first-order valence-corrected chi connectivity index (χ1v) is 11.0. The van der Waals surface area contributed by atoms with Crippen LogP contribution in [0.5, 0.6) is 0 Å². The number of cyclic esters (lactones) is 1. The number of esters is 1. The number of hydrogen-bond donors (Lipinski definition) is 0. The first-order chi connectivity index (χ1) is 15.2. The van der Waals surface area contributed by atoms with E-state index in [4.69, 9.17) is 9.72 Å². The first kappa shape index (κ1) is 22.2. The fourth-order valence-electron chi connectivity index (χ4n) is 4.59. The van der Waals surface area contributed by atoms with Crippen molar-refractivity contribution in [2.75, 3.05) is 32.1 Å². The van der Waals surface area contributed by atoms with Crippen LogP contribution < -0.4 is 4.90 Å². The standard InChI is InChI=1S/C24H29FN4O3/c1-24(2)19(13-20(30)32-24)22(31)29-10-8-15(9-11-29)21-18(14-26-23(27-21)28(3)4)16-6-5-7-17(25)12-16/h5-7,12,14-15,19H,8-11,13H2,1-4H3/t19-/m1/s1. The lowest BCUT2D eigenvalue weighted by Gasteiger charge is -2.36. The molecule has 170 valence electrons. The van der Waals surface area contributed by atoms with Gasteiger partial charge in [-0.25, -0.2) is 14.4 Å². The fourth-order valence-corrected chi connectivity index (χ4v) is 4.59. The molecule has 1 aromatic carbocycles. The topological polar surface area (TPSA) is 75.6 Å². The molecule has 0 aliphatic carbocycles. The summed E-state index contributed by atoms with van der Waals surface area (Å²) >= 11 is 0. The molecule has 1 amide bonds. The summed E-state index contributed by atoms with van der Waals surface area (Å²) in [5.74, 6) is -0.382. The van der Waals surface area contributed by atoms with Crippen LogP contribution in [0.3, 0.4) is 0 Å². The summed E-state index contributed by atoms with van der Waals surface area (Å²) < 4.78 is 19.2. The van der Waals surface area contributed by atoms with Crippen molar-refractivity contribution in [3.63, 3.8) is 0 Å². The van der Waals surface area contributed by atoms with Crippen molar-refractivity contribution in [1.82, 2.24) is 14.9 Å². The van der Waals surface area contributed by atoms with Gasteiger partial charge in [-0.2, -0.15) is 0 Å². The van der Waals surface area contributed by atoms with Gasteiger partial charge in [0.25, 0.3) is 0 Å². The summed E-state index contributed by atoms with van der Waals surface area (Å²) in [6.07, 6.45) is 3.36. The Hall–Kier alpha value is -3.03. The summed E-state index contributed by atoms with van der Waals surface area (Å²) in [6.45, 7) is 4.74. The zero-order valence-electron chi connectivity index (χ0n) is 19.0. The van der Waals surface area contributed by atoms with Crippen LogP contribution in [-0.2, 0) is 14.3 Å². The minimum absolute atomic E-state index is 0.0266. The van der Waals surface area contributed by atoms with Crippen molar-refractivity contribution in [1.29, 1.82) is 0 Å². The van der Waals surface area contributed by atoms with Gasteiger partial charge in [0.05, 0.1) is 18.0 Å². The SMILES string of the molecule is CN(C)c1ncc(-c2cccc(F)c2)c(C2CCN(C(=O)[C@H]3CC(=O)OC3(C)C)CC2)n1. The number of likely N-dealkylation sites (tertiary alicyclic amines) is 1. The molecule has 0 bridgehead atoms. The number of piperidine rings is 1. The second kappa shape index (κ2) is 8.48. The van der Waals surface area contributed by atoms with Gasteiger partial charge < -0.3 is 14.5 Å². The third-order valence-electron chi connectivity index (χ3n) is 6.42. The number of carbonyl (C=O) groups excluding carboxylic acids is 2. The Labute approximate surface area is 187 Å². The van der Waals surface area contributed by atoms with Crippen molar-refractivity contribution in [2.24, 2.45) is 5.92 Å². The van der Waals surface area contributed by atoms with E-state index in [2.05, 4.69) is 4.98 Å². The highest BCUT2D eigenvalue weighted by molar-refractivity contribution is 5.87. The van der Waals surface area contributed by atoms with Gasteiger partial charge in [-0.05, 0) is 44.4 Å². The van der Waals surface area contributed by atoms with Crippen LogP contribution in [0.25, 0.3) is 11.1 Å². The molecule has 2 fully saturated rings. The van der Waals surface area contributed by atoms with Crippen molar-refractivity contribution >= 4 is 17.8 Å². The molecule has 1 aromatic heterocycles. The smallest absolute Gasteiger partial charge is 0.307 e. The maximum absolute atomic E-state index is 13.9. The second-order valence-electron chi connectivity index (χ2n) is 9.31. The van der Waals surface area contributed by atoms with Gasteiger partial charge in [-0.1, -0.05) is 12.1 Å². The fraction of sp³-hybridized carbons (Fsp3) is 0.500. The highest BCUT2D eigenvalue weighted by Crippen LogP contribution is 2.38. The Kier molecular flexibility index (Phi) is 5.88. The zero-order valence-corrected chi connectivity index (χ0v) is 19.0. The number of benzene rings is 1. The van der Waals surface area contributed by atoms with Crippen LogP contribution in [0, 0.1) is 11.7 Å². The van der Waals surface area contributed by atoms with Crippen molar-refractivity contribution in [2.45, 2.75) is 44.6 Å². The van der Waals surface area contributed by atoms with E-state index >= 15 is 0 Å². The van der Waals surface area contributed by atoms with Gasteiger partial charge in [0.1, 0.15) is 11.4 Å². The molecule has 2 aromatic rings. The molecule has 7 nitrogen and oxygen atoms in total. The van der Waals surface area contributed by atoms with Crippen molar-refractivity contribution in [3.8, 4) is 11.1 Å². The summed E-state index contributed by atoms with van der Waals surface area (Å²) in [6, 6.07) is 6.46. The van der Waals surface area contributed by atoms with E-state index in [1.807, 2.05) is 30.0 Å². The molecule has 2 saturated heterocycles. The van der Waals surface area contributed by atoms with Gasteiger partial charge >= 0.3 is 5.97 Å². The van der Waals surface area contributed by atoms with E-state index in [1.54, 1.807) is 26.1 Å². The van der Waals surface area contributed by atoms with E-state index in [0.717, 1.165) is 29.7 Å². The Balaban J connectivity index is 1.56. The predicted octanol–water partition coefficient (Wildman–Crippen LogP) is 3.40. The van der Waals surface area contributed by atoms with E-state index in [9.17, 15) is 14.0 Å². The molecule has 1 atom stereocenters. The Bertz CT molecular complexity index is 1030. The highest BCUT2D eigenvalue weighted by atomic mass is 19.1. The number of anilines is 1. The molecule has 0 saturated carbocycles. The third-order valence-corrected chi connectivity index (χ3v) is 6.42. The average Bonchev–Trinajstić information content (AvgIpc) is 3.04. The number of nitrogens with zero attached hydrogens (tertiary/aromatic N) is 4. The van der Waals surface area contributed by atoms with E-state index < -0.39 is 11.5 Å². The monoisotopic (exact) mass is 440 g/mol. The Morgan fingerprint density at radius 3 is 2.56 bits per heavy atom. The third kappa shape index (κ3) is 4.31. The number of aromatic nitrogens is 2. The molecule has 0 radical (unpaired) electrons. The number of rotatable bonds is 4. The summed E-state index contributed by atoms with van der Waals surface area (Å²) in [7, 11) is 3.77. The quantitative estimate of drug-likeness (QED) is 0.679. The summed E-state index contributed by atoms with van der Waals surface area (Å²) in [4.78, 5) is 37.8. The maximum atomic E-state index is 13.9. The van der Waals surface area contributed by atoms with Gasteiger partial charge in [0, 0.05) is 44.9 Å². The number of carbonyl (C=O) groups is 2. The summed E-state index contributed by atoms with van der Waals surface area (Å²) in [5.41, 5.74) is 1.66. The molecule has 8 heteroatoms. The summed E-state index contributed by atoms with van der Waals surface area (Å²) in [5, 5.41) is 0. The van der Waals surface area contributed by atoms with Crippen LogP contribution in [0.15, 0.2) is 30.5 Å². The van der Waals surface area contributed by atoms with Crippen LogP contribution >= 0.6 is 0 Å². The van der Waals surface area contributed by atoms with Crippen LogP contribution in [0.2, 0.25) is 0 Å². The molecular formula is C24H29FN4O3. The van der Waals surface area contributed by atoms with Gasteiger partial charge in [0.2, 0.25) is 11.9 Å². The van der Waals surface area contributed by atoms with Crippen molar-refractivity contribution < 1.29 is 18.7 Å². The lowest BCUT2D eigenvalue weighted by Crippen LogP contribution is -2.46. The minimum atomic E-state index is -0.775. The largest absolute Gasteiger partial charge is 0.459 e. The molecule has 4 rings (SSSR count). The predicted molar refractivity (Wildman–Crippen MR) is 119 cm³/mol. The average molecular weight is 441 g/mol. The Morgan fingerprint density at radius 1 is 1.25 bits per heavy atom. The molecule has 0 unspecified atom stereocenters. The minimum Gasteiger partial charge on any atom is -0.459 e. The van der Waals surface area contributed by atoms with Gasteiger partial charge in [-0.3, -0.25) is 9.59 Å². The van der Waals surface area contributed by atoms with E-state index in [-0.39, 0.29) is 30.0 Å². The highest BCUT2D eigenvalue weighted by Gasteiger charge is 2.48. The number of ether oxygens (including phenoxy) is 1. The lowest BCUT2D eigenvalue weighted by atomic mass is 9.86. The van der Waals surface area contributed by atoms with Crippen LogP contribution in [-0.4, -0.2) is 59.5 Å². The number of amides is 1. The van der Waals surface area contributed by atoms with E-state index in [1.165, 1.54) is 12.1 Å². The normalized spacial score (nSPS) is 20.8. The molecule has 2 aliphatic rings. The molecule has 3 heterocycles. The molecule has 32 heavy (non-hydrogen) atoms. The molecule has 0 N–H and O–H groups in total. The lowest BCUT2D eigenvalue weighted by molar-refractivity contribution is -0.149. The van der Waals surface area contributed by atoms with Crippen LogP contribution in [0.4, 0.5) is 10.3 Å². The van der Waals surface area contributed by atoms with Crippen molar-refractivity contribution in [3.05, 3.63) is 42.0 Å². The first-order valence-electron chi connectivity index (χ1n) is 11.0. The zero-order chi connectivity index (χ0) is 23.0. The molecular weight excluding hydrogens is 411 g/mol. The Morgan fingerprint density at radius 2 is 1.97 bits per heavy atom. The van der Waals surface area contributed by atoms with Crippen LogP contribution in [0.1, 0.15) is 44.7 Å². The molecule has 2 aliphatic heterocycles. The maximum Gasteiger partial charge on any atom is 0.307 e. The second-order valence-corrected chi connectivity index (χ2v) is 9.31. The van der Waals surface area contributed by atoms with E-state index in [0.29, 0.717) is 19.0 Å². The number of halogens is 1. The number of hydrogen-bond acceptors (Lipinski definition) is 6. The van der Waals surface area contributed by atoms with Gasteiger partial charge in [0.15, 0.2) is 0 Å².